The monoisotopic (exact) mass is 347 g/mol. The van der Waals surface area contributed by atoms with Crippen LogP contribution in [0.3, 0.4) is 0 Å². The highest BCUT2D eigenvalue weighted by molar-refractivity contribution is 8.15. The third kappa shape index (κ3) is 3.28. The van der Waals surface area contributed by atoms with E-state index in [9.17, 15) is 19.2 Å². The lowest BCUT2D eigenvalue weighted by Crippen LogP contribution is -2.41. The van der Waals surface area contributed by atoms with Gasteiger partial charge in [-0.1, -0.05) is 17.7 Å². The van der Waals surface area contributed by atoms with E-state index in [1.807, 2.05) is 31.2 Å². The van der Waals surface area contributed by atoms with Crippen molar-refractivity contribution >= 4 is 40.4 Å². The Hall–Kier alpha value is -2.35. The van der Waals surface area contributed by atoms with Gasteiger partial charge in [-0.3, -0.25) is 29.0 Å². The molecule has 1 atom stereocenters. The van der Waals surface area contributed by atoms with Crippen LogP contribution in [0.4, 0.5) is 10.5 Å². The van der Waals surface area contributed by atoms with Crippen LogP contribution in [0.2, 0.25) is 0 Å². The fraction of sp³-hybridized carbons (Fsp3) is 0.375. The van der Waals surface area contributed by atoms with E-state index in [2.05, 4.69) is 5.32 Å². The molecule has 0 aromatic heterocycles. The van der Waals surface area contributed by atoms with Crippen LogP contribution in [-0.4, -0.2) is 51.2 Å². The standard InChI is InChI=1S/C16H17N3O4S/c1-10-2-4-11(5-3-10)17-14-15(22)19(16(23)24-14)9-8-18-12(20)6-7-13(18)21/h2-5,14,17H,6-9H2,1H3/t14-/m0/s1. The van der Waals surface area contributed by atoms with Crippen molar-refractivity contribution in [2.75, 3.05) is 18.4 Å². The Morgan fingerprint density at radius 3 is 2.21 bits per heavy atom. The number of nitrogens with zero attached hydrogens (tertiary/aromatic N) is 2. The molecule has 0 bridgehead atoms. The summed E-state index contributed by atoms with van der Waals surface area (Å²) in [6, 6.07) is 7.52. The molecule has 2 fully saturated rings. The summed E-state index contributed by atoms with van der Waals surface area (Å²) < 4.78 is 0. The minimum absolute atomic E-state index is 0.0359. The molecule has 1 N–H and O–H groups in total. The Balaban J connectivity index is 1.60. The lowest BCUT2D eigenvalue weighted by Gasteiger charge is -2.19. The fourth-order valence-electron chi connectivity index (χ4n) is 2.61. The summed E-state index contributed by atoms with van der Waals surface area (Å²) in [7, 11) is 0. The Labute approximate surface area is 143 Å². The van der Waals surface area contributed by atoms with Crippen molar-refractivity contribution in [2.24, 2.45) is 0 Å². The van der Waals surface area contributed by atoms with Gasteiger partial charge in [-0.15, -0.1) is 0 Å². The van der Waals surface area contributed by atoms with E-state index in [1.165, 1.54) is 0 Å². The summed E-state index contributed by atoms with van der Waals surface area (Å²) >= 11 is 0.903. The first-order chi connectivity index (χ1) is 11.5. The van der Waals surface area contributed by atoms with Crippen LogP contribution in [0.15, 0.2) is 24.3 Å². The summed E-state index contributed by atoms with van der Waals surface area (Å²) in [5, 5.41) is 1.97. The number of rotatable bonds is 5. The summed E-state index contributed by atoms with van der Waals surface area (Å²) in [6.07, 6.45) is 0.403. The van der Waals surface area contributed by atoms with E-state index in [4.69, 9.17) is 0 Å². The fourth-order valence-corrected chi connectivity index (χ4v) is 3.55. The van der Waals surface area contributed by atoms with Crippen molar-refractivity contribution in [3.63, 3.8) is 0 Å². The molecule has 0 radical (unpaired) electrons. The number of imide groups is 2. The highest BCUT2D eigenvalue weighted by Gasteiger charge is 2.40. The van der Waals surface area contributed by atoms with Crippen molar-refractivity contribution < 1.29 is 19.2 Å². The molecule has 1 aromatic carbocycles. The topological polar surface area (TPSA) is 86.8 Å². The molecule has 0 spiro atoms. The zero-order valence-electron chi connectivity index (χ0n) is 13.2. The average Bonchev–Trinajstić information content (AvgIpc) is 3.00. The van der Waals surface area contributed by atoms with Gasteiger partial charge < -0.3 is 5.32 Å². The van der Waals surface area contributed by atoms with Gasteiger partial charge in [-0.25, -0.2) is 0 Å². The Morgan fingerprint density at radius 1 is 1.00 bits per heavy atom. The number of nitrogens with one attached hydrogen (secondary N) is 1. The van der Waals surface area contributed by atoms with Crippen LogP contribution in [0.25, 0.3) is 0 Å². The van der Waals surface area contributed by atoms with Gasteiger partial charge in [-0.2, -0.15) is 0 Å². The zero-order chi connectivity index (χ0) is 17.3. The van der Waals surface area contributed by atoms with Crippen molar-refractivity contribution in [2.45, 2.75) is 25.1 Å². The van der Waals surface area contributed by atoms with Crippen LogP contribution in [0, 0.1) is 6.92 Å². The Bertz CT molecular complexity index is 688. The quantitative estimate of drug-likeness (QED) is 0.814. The minimum atomic E-state index is -0.690. The number of thioether (sulfide) groups is 1. The van der Waals surface area contributed by atoms with Gasteiger partial charge in [0.15, 0.2) is 5.37 Å². The third-order valence-electron chi connectivity index (χ3n) is 3.98. The maximum absolute atomic E-state index is 12.4. The molecule has 4 amide bonds. The number of likely N-dealkylation sites (tertiary alicyclic amines) is 1. The molecule has 1 aromatic rings. The summed E-state index contributed by atoms with van der Waals surface area (Å²) in [5.74, 6) is -0.855. The van der Waals surface area contributed by atoms with Crippen LogP contribution >= 0.6 is 11.8 Å². The van der Waals surface area contributed by atoms with E-state index in [0.29, 0.717) is 0 Å². The van der Waals surface area contributed by atoms with E-state index < -0.39 is 5.37 Å². The first-order valence-electron chi connectivity index (χ1n) is 7.64. The molecular weight excluding hydrogens is 330 g/mol. The molecule has 2 saturated heterocycles. The van der Waals surface area contributed by atoms with Gasteiger partial charge in [-0.05, 0) is 30.8 Å². The van der Waals surface area contributed by atoms with Gasteiger partial charge in [0, 0.05) is 31.6 Å². The third-order valence-corrected chi connectivity index (χ3v) is 4.96. The van der Waals surface area contributed by atoms with Gasteiger partial charge in [0.1, 0.15) is 0 Å². The number of anilines is 1. The number of aryl methyl sites for hydroxylation is 1. The highest BCUT2D eigenvalue weighted by atomic mass is 32.2. The number of benzene rings is 1. The molecule has 7 nitrogen and oxygen atoms in total. The lowest BCUT2D eigenvalue weighted by molar-refractivity contribution is -0.139. The first kappa shape index (κ1) is 16.5. The molecular formula is C16H17N3O4S. The zero-order valence-corrected chi connectivity index (χ0v) is 14.0. The second-order valence-corrected chi connectivity index (χ2v) is 6.76. The molecule has 0 saturated carbocycles. The van der Waals surface area contributed by atoms with E-state index in [-0.39, 0.29) is 48.9 Å². The predicted molar refractivity (Wildman–Crippen MR) is 89.2 cm³/mol. The van der Waals surface area contributed by atoms with Gasteiger partial charge in [0.25, 0.3) is 11.1 Å². The number of carbonyl (C=O) groups is 4. The predicted octanol–water partition coefficient (Wildman–Crippen LogP) is 1.58. The van der Waals surface area contributed by atoms with Gasteiger partial charge in [0.05, 0.1) is 0 Å². The molecule has 2 aliphatic heterocycles. The largest absolute Gasteiger partial charge is 0.365 e. The van der Waals surface area contributed by atoms with Crippen LogP contribution in [-0.2, 0) is 14.4 Å². The summed E-state index contributed by atoms with van der Waals surface area (Å²) in [4.78, 5) is 49.8. The maximum Gasteiger partial charge on any atom is 0.290 e. The number of carbonyl (C=O) groups excluding carboxylic acids is 4. The van der Waals surface area contributed by atoms with Crippen LogP contribution < -0.4 is 5.32 Å². The number of hydrogen-bond donors (Lipinski definition) is 1. The molecule has 0 unspecified atom stereocenters. The van der Waals surface area contributed by atoms with Crippen molar-refractivity contribution in [3.8, 4) is 0 Å². The second-order valence-electron chi connectivity index (χ2n) is 5.70. The van der Waals surface area contributed by atoms with E-state index >= 15 is 0 Å². The van der Waals surface area contributed by atoms with Crippen LogP contribution in [0.1, 0.15) is 18.4 Å². The number of hydrogen-bond acceptors (Lipinski definition) is 6. The van der Waals surface area contributed by atoms with Gasteiger partial charge >= 0.3 is 0 Å². The average molecular weight is 347 g/mol. The van der Waals surface area contributed by atoms with Crippen molar-refractivity contribution in [3.05, 3.63) is 29.8 Å². The first-order valence-corrected chi connectivity index (χ1v) is 8.52. The maximum atomic E-state index is 12.4. The molecule has 3 rings (SSSR count). The second kappa shape index (κ2) is 6.64. The smallest absolute Gasteiger partial charge is 0.290 e. The van der Waals surface area contributed by atoms with Crippen molar-refractivity contribution in [1.82, 2.24) is 9.80 Å². The molecule has 2 heterocycles. The molecule has 24 heavy (non-hydrogen) atoms. The number of amides is 4. The lowest BCUT2D eigenvalue weighted by atomic mass is 10.2. The van der Waals surface area contributed by atoms with E-state index in [0.717, 1.165) is 32.8 Å². The van der Waals surface area contributed by atoms with E-state index in [1.54, 1.807) is 0 Å². The molecule has 8 heteroatoms. The Kier molecular flexibility index (Phi) is 4.57. The SMILES string of the molecule is Cc1ccc(N[C@H]2SC(=O)N(CCN3C(=O)CCC3=O)C2=O)cc1. The summed E-state index contributed by atoms with van der Waals surface area (Å²) in [6.45, 7) is 2.06. The van der Waals surface area contributed by atoms with Gasteiger partial charge in [0.2, 0.25) is 11.8 Å². The van der Waals surface area contributed by atoms with Crippen LogP contribution in [0.5, 0.6) is 0 Å². The molecule has 126 valence electrons. The minimum Gasteiger partial charge on any atom is -0.365 e. The highest BCUT2D eigenvalue weighted by Crippen LogP contribution is 2.28. The van der Waals surface area contributed by atoms with Crippen molar-refractivity contribution in [1.29, 1.82) is 0 Å². The molecule has 2 aliphatic rings. The normalized spacial score (nSPS) is 21.1. The molecule has 0 aliphatic carbocycles. The Morgan fingerprint density at radius 2 is 1.58 bits per heavy atom. The summed E-state index contributed by atoms with van der Waals surface area (Å²) in [5.41, 5.74) is 1.86.